The van der Waals surface area contributed by atoms with Crippen molar-refractivity contribution in [3.63, 3.8) is 0 Å². The van der Waals surface area contributed by atoms with Crippen molar-refractivity contribution in [2.24, 2.45) is 5.92 Å². The average molecular weight is 211 g/mol. The van der Waals surface area contributed by atoms with E-state index in [1.165, 1.54) is 5.56 Å². The molecule has 1 unspecified atom stereocenters. The largest absolute Gasteiger partial charge is 0.481 e. The normalized spacial score (nSPS) is 20.2. The number of aliphatic carboxylic acids is 1. The van der Waals surface area contributed by atoms with E-state index in [4.69, 9.17) is 16.7 Å². The van der Waals surface area contributed by atoms with Crippen molar-refractivity contribution in [1.29, 1.82) is 0 Å². The maximum atomic E-state index is 10.8. The summed E-state index contributed by atoms with van der Waals surface area (Å²) in [4.78, 5) is 10.8. The summed E-state index contributed by atoms with van der Waals surface area (Å²) in [6.07, 6.45) is 2.19. The SMILES string of the molecule is O=C(O)C1CCc2cc(Cl)ccc2C1. The van der Waals surface area contributed by atoms with Gasteiger partial charge in [0, 0.05) is 5.02 Å². The van der Waals surface area contributed by atoms with Crippen LogP contribution in [0.1, 0.15) is 17.5 Å². The summed E-state index contributed by atoms with van der Waals surface area (Å²) >= 11 is 5.86. The van der Waals surface area contributed by atoms with Crippen molar-refractivity contribution in [2.45, 2.75) is 19.3 Å². The molecule has 0 fully saturated rings. The first kappa shape index (κ1) is 9.53. The van der Waals surface area contributed by atoms with Gasteiger partial charge in [0.25, 0.3) is 0 Å². The second kappa shape index (κ2) is 3.62. The van der Waals surface area contributed by atoms with Crippen LogP contribution in [0.25, 0.3) is 0 Å². The monoisotopic (exact) mass is 210 g/mol. The molecule has 0 aromatic heterocycles. The Morgan fingerprint density at radius 2 is 2.21 bits per heavy atom. The van der Waals surface area contributed by atoms with E-state index in [9.17, 15) is 4.79 Å². The fourth-order valence-corrected chi connectivity index (χ4v) is 2.13. The zero-order chi connectivity index (χ0) is 10.1. The van der Waals surface area contributed by atoms with E-state index in [1.807, 2.05) is 18.2 Å². The molecule has 1 aliphatic rings. The highest BCUT2D eigenvalue weighted by Crippen LogP contribution is 2.27. The van der Waals surface area contributed by atoms with E-state index in [0.29, 0.717) is 6.42 Å². The summed E-state index contributed by atoms with van der Waals surface area (Å²) in [7, 11) is 0. The second-order valence-corrected chi connectivity index (χ2v) is 4.13. The molecule has 1 aromatic rings. The summed E-state index contributed by atoms with van der Waals surface area (Å²) in [5, 5.41) is 9.63. The molecular weight excluding hydrogens is 200 g/mol. The number of benzene rings is 1. The number of carbonyl (C=O) groups is 1. The van der Waals surface area contributed by atoms with E-state index in [1.54, 1.807) is 0 Å². The standard InChI is InChI=1S/C11H11ClO2/c12-10-4-3-7-5-9(11(13)14)2-1-8(7)6-10/h3-4,6,9H,1-2,5H2,(H,13,14). The fraction of sp³-hybridized carbons (Fsp3) is 0.364. The molecule has 0 heterocycles. The maximum Gasteiger partial charge on any atom is 0.306 e. The number of carboxylic acids is 1. The smallest absolute Gasteiger partial charge is 0.306 e. The number of aryl methyl sites for hydroxylation is 1. The Morgan fingerprint density at radius 3 is 2.93 bits per heavy atom. The molecule has 1 aromatic carbocycles. The van der Waals surface area contributed by atoms with Gasteiger partial charge in [-0.1, -0.05) is 17.7 Å². The molecule has 0 saturated carbocycles. The van der Waals surface area contributed by atoms with Crippen LogP contribution in [-0.4, -0.2) is 11.1 Å². The van der Waals surface area contributed by atoms with Crippen LogP contribution in [0, 0.1) is 5.92 Å². The molecule has 74 valence electrons. The summed E-state index contributed by atoms with van der Waals surface area (Å²) in [5.74, 6) is -0.908. The van der Waals surface area contributed by atoms with Crippen molar-refractivity contribution < 1.29 is 9.90 Å². The Bertz CT molecular complexity index is 374. The number of halogens is 1. The van der Waals surface area contributed by atoms with Crippen LogP contribution in [-0.2, 0) is 17.6 Å². The molecule has 0 aliphatic heterocycles. The first-order valence-corrected chi connectivity index (χ1v) is 5.04. The first-order chi connectivity index (χ1) is 6.66. The van der Waals surface area contributed by atoms with Gasteiger partial charge in [0.2, 0.25) is 0 Å². The lowest BCUT2D eigenvalue weighted by Gasteiger charge is -2.21. The third kappa shape index (κ3) is 1.75. The molecule has 2 rings (SSSR count). The van der Waals surface area contributed by atoms with Gasteiger partial charge < -0.3 is 5.11 Å². The van der Waals surface area contributed by atoms with Crippen LogP contribution < -0.4 is 0 Å². The molecule has 3 heteroatoms. The van der Waals surface area contributed by atoms with E-state index >= 15 is 0 Å². The maximum absolute atomic E-state index is 10.8. The van der Waals surface area contributed by atoms with Crippen molar-refractivity contribution in [1.82, 2.24) is 0 Å². The van der Waals surface area contributed by atoms with Crippen LogP contribution in [0.2, 0.25) is 5.02 Å². The molecule has 0 amide bonds. The predicted molar refractivity (Wildman–Crippen MR) is 54.6 cm³/mol. The molecule has 2 nitrogen and oxygen atoms in total. The molecule has 1 N–H and O–H groups in total. The summed E-state index contributed by atoms with van der Waals surface area (Å²) in [6.45, 7) is 0. The lowest BCUT2D eigenvalue weighted by molar-refractivity contribution is -0.142. The molecule has 1 aliphatic carbocycles. The minimum atomic E-state index is -0.689. The van der Waals surface area contributed by atoms with Crippen molar-refractivity contribution in [3.8, 4) is 0 Å². The van der Waals surface area contributed by atoms with E-state index in [2.05, 4.69) is 0 Å². The van der Waals surface area contributed by atoms with E-state index in [0.717, 1.165) is 23.4 Å². The van der Waals surface area contributed by atoms with Gasteiger partial charge >= 0.3 is 5.97 Å². The Balaban J connectivity index is 2.27. The molecule has 0 radical (unpaired) electrons. The van der Waals surface area contributed by atoms with Crippen molar-refractivity contribution >= 4 is 17.6 Å². The molecule has 0 saturated heterocycles. The molecular formula is C11H11ClO2. The number of hydrogen-bond acceptors (Lipinski definition) is 1. The Hall–Kier alpha value is -1.02. The first-order valence-electron chi connectivity index (χ1n) is 4.67. The van der Waals surface area contributed by atoms with Crippen molar-refractivity contribution in [3.05, 3.63) is 34.3 Å². The van der Waals surface area contributed by atoms with Crippen LogP contribution in [0.5, 0.6) is 0 Å². The molecule has 0 bridgehead atoms. The highest BCUT2D eigenvalue weighted by molar-refractivity contribution is 6.30. The lowest BCUT2D eigenvalue weighted by atomic mass is 9.84. The minimum Gasteiger partial charge on any atom is -0.481 e. The van der Waals surface area contributed by atoms with Gasteiger partial charge in [-0.2, -0.15) is 0 Å². The topological polar surface area (TPSA) is 37.3 Å². The highest BCUT2D eigenvalue weighted by Gasteiger charge is 2.23. The third-order valence-corrected chi connectivity index (χ3v) is 2.98. The van der Waals surface area contributed by atoms with Crippen LogP contribution in [0.4, 0.5) is 0 Å². The molecule has 14 heavy (non-hydrogen) atoms. The predicted octanol–water partition coefficient (Wildman–Crippen LogP) is 2.53. The Labute approximate surface area is 87.5 Å². The Morgan fingerprint density at radius 1 is 1.43 bits per heavy atom. The second-order valence-electron chi connectivity index (χ2n) is 3.69. The van der Waals surface area contributed by atoms with Gasteiger partial charge in [-0.25, -0.2) is 0 Å². The van der Waals surface area contributed by atoms with Gasteiger partial charge in [-0.15, -0.1) is 0 Å². The Kier molecular flexibility index (Phi) is 2.46. The summed E-state index contributed by atoms with van der Waals surface area (Å²) < 4.78 is 0. The number of rotatable bonds is 1. The van der Waals surface area contributed by atoms with Crippen LogP contribution >= 0.6 is 11.6 Å². The number of hydrogen-bond donors (Lipinski definition) is 1. The average Bonchev–Trinajstić information content (AvgIpc) is 2.16. The van der Waals surface area contributed by atoms with Crippen LogP contribution in [0.15, 0.2) is 18.2 Å². The highest BCUT2D eigenvalue weighted by atomic mass is 35.5. The van der Waals surface area contributed by atoms with Gasteiger partial charge in [-0.3, -0.25) is 4.79 Å². The molecule has 1 atom stereocenters. The summed E-state index contributed by atoms with van der Waals surface area (Å²) in [6, 6.07) is 5.70. The zero-order valence-electron chi connectivity index (χ0n) is 7.66. The van der Waals surface area contributed by atoms with E-state index < -0.39 is 5.97 Å². The minimum absolute atomic E-state index is 0.219. The summed E-state index contributed by atoms with van der Waals surface area (Å²) in [5.41, 5.74) is 2.34. The fourth-order valence-electron chi connectivity index (χ4n) is 1.93. The molecule has 0 spiro atoms. The van der Waals surface area contributed by atoms with Gasteiger partial charge in [0.15, 0.2) is 0 Å². The quantitative estimate of drug-likeness (QED) is 0.774. The van der Waals surface area contributed by atoms with Crippen molar-refractivity contribution in [2.75, 3.05) is 0 Å². The number of carboxylic acid groups (broad SMARTS) is 1. The zero-order valence-corrected chi connectivity index (χ0v) is 8.42. The lowest BCUT2D eigenvalue weighted by Crippen LogP contribution is -2.21. The van der Waals surface area contributed by atoms with E-state index in [-0.39, 0.29) is 5.92 Å². The number of fused-ring (bicyclic) bond motifs is 1. The van der Waals surface area contributed by atoms with Gasteiger partial charge in [0.05, 0.1) is 5.92 Å². The van der Waals surface area contributed by atoms with Crippen LogP contribution in [0.3, 0.4) is 0 Å². The van der Waals surface area contributed by atoms with Gasteiger partial charge in [-0.05, 0) is 42.5 Å². The van der Waals surface area contributed by atoms with Gasteiger partial charge in [0.1, 0.15) is 0 Å². The third-order valence-electron chi connectivity index (χ3n) is 2.75.